The first kappa shape index (κ1) is 19.7. The van der Waals surface area contributed by atoms with Crippen LogP contribution in [-0.2, 0) is 11.3 Å². The maximum atomic E-state index is 12.5. The van der Waals surface area contributed by atoms with Gasteiger partial charge in [0.05, 0.1) is 12.2 Å². The van der Waals surface area contributed by atoms with Gasteiger partial charge in [0.2, 0.25) is 0 Å². The Kier molecular flexibility index (Phi) is 5.56. The molecule has 1 spiro atoms. The highest BCUT2D eigenvalue weighted by atomic mass is 16.5. The Bertz CT molecular complexity index is 853. The minimum absolute atomic E-state index is 0.159. The highest BCUT2D eigenvalue weighted by Crippen LogP contribution is 2.56. The second kappa shape index (κ2) is 8.47. The van der Waals surface area contributed by atoms with Crippen molar-refractivity contribution in [1.82, 2.24) is 25.2 Å². The highest BCUT2D eigenvalue weighted by molar-refractivity contribution is 5.91. The van der Waals surface area contributed by atoms with Crippen LogP contribution in [0.3, 0.4) is 0 Å². The first-order chi connectivity index (χ1) is 14.7. The predicted molar refractivity (Wildman–Crippen MR) is 113 cm³/mol. The van der Waals surface area contributed by atoms with Crippen molar-refractivity contribution in [3.63, 3.8) is 0 Å². The van der Waals surface area contributed by atoms with Gasteiger partial charge < -0.3 is 15.0 Å². The number of benzene rings is 1. The fourth-order valence-electron chi connectivity index (χ4n) is 5.46. The number of likely N-dealkylation sites (tertiary alicyclic amines) is 1. The molecule has 1 amide bonds. The van der Waals surface area contributed by atoms with E-state index in [4.69, 9.17) is 4.74 Å². The van der Waals surface area contributed by atoms with Gasteiger partial charge in [0, 0.05) is 25.8 Å². The van der Waals surface area contributed by atoms with E-state index < -0.39 is 0 Å². The van der Waals surface area contributed by atoms with Gasteiger partial charge in [-0.05, 0) is 62.6 Å². The van der Waals surface area contributed by atoms with Gasteiger partial charge in [0.1, 0.15) is 0 Å². The Labute approximate surface area is 177 Å². The zero-order valence-corrected chi connectivity index (χ0v) is 17.5. The minimum atomic E-state index is -0.159. The predicted octanol–water partition coefficient (Wildman–Crippen LogP) is 2.80. The molecule has 0 bridgehead atoms. The van der Waals surface area contributed by atoms with Crippen molar-refractivity contribution >= 4 is 5.91 Å². The van der Waals surface area contributed by atoms with E-state index in [1.54, 1.807) is 0 Å². The van der Waals surface area contributed by atoms with Crippen molar-refractivity contribution in [2.75, 3.05) is 26.3 Å². The van der Waals surface area contributed by atoms with E-state index >= 15 is 0 Å². The summed E-state index contributed by atoms with van der Waals surface area (Å²) in [6.45, 7) is 4.65. The van der Waals surface area contributed by atoms with E-state index in [2.05, 4.69) is 20.5 Å². The smallest absolute Gasteiger partial charge is 0.273 e. The van der Waals surface area contributed by atoms with E-state index in [9.17, 15) is 4.79 Å². The molecule has 1 aromatic heterocycles. The second-order valence-electron chi connectivity index (χ2n) is 9.05. The van der Waals surface area contributed by atoms with Gasteiger partial charge in [-0.25, -0.2) is 4.68 Å². The zero-order chi connectivity index (χ0) is 20.4. The van der Waals surface area contributed by atoms with E-state index in [1.807, 2.05) is 41.2 Å². The normalized spacial score (nSPS) is 24.5. The number of ether oxygens (including phenoxy) is 1. The van der Waals surface area contributed by atoms with Crippen LogP contribution in [0.5, 0.6) is 0 Å². The summed E-state index contributed by atoms with van der Waals surface area (Å²) in [4.78, 5) is 15.2. The molecule has 1 unspecified atom stereocenters. The van der Waals surface area contributed by atoms with Crippen molar-refractivity contribution < 1.29 is 9.53 Å². The third-order valence-electron chi connectivity index (χ3n) is 7.48. The van der Waals surface area contributed by atoms with Gasteiger partial charge >= 0.3 is 0 Å². The fourth-order valence-corrected chi connectivity index (χ4v) is 5.46. The molecule has 1 saturated carbocycles. The largest absolute Gasteiger partial charge is 0.381 e. The van der Waals surface area contributed by atoms with Crippen LogP contribution in [0.2, 0.25) is 0 Å². The van der Waals surface area contributed by atoms with Crippen LogP contribution in [0.1, 0.15) is 60.6 Å². The summed E-state index contributed by atoms with van der Waals surface area (Å²) in [5, 5.41) is 11.5. The lowest BCUT2D eigenvalue weighted by atomic mass is 9.59. The van der Waals surface area contributed by atoms with Crippen molar-refractivity contribution in [3.8, 4) is 0 Å². The molecule has 5 rings (SSSR count). The Morgan fingerprint density at radius 2 is 1.87 bits per heavy atom. The number of carbonyl (C=O) groups excluding carboxylic acids is 1. The summed E-state index contributed by atoms with van der Waals surface area (Å²) in [5.41, 5.74) is 1.81. The highest BCUT2D eigenvalue weighted by Gasteiger charge is 2.50. The Morgan fingerprint density at radius 3 is 2.57 bits per heavy atom. The number of nitrogens with one attached hydrogen (secondary N) is 1. The van der Waals surface area contributed by atoms with E-state index in [-0.39, 0.29) is 5.91 Å². The average Bonchev–Trinajstić information content (AvgIpc) is 3.27. The van der Waals surface area contributed by atoms with Gasteiger partial charge in [-0.2, -0.15) is 0 Å². The third kappa shape index (κ3) is 3.88. The Balaban J connectivity index is 1.18. The van der Waals surface area contributed by atoms with E-state index in [1.165, 1.54) is 45.2 Å². The first-order valence-electron chi connectivity index (χ1n) is 11.3. The van der Waals surface area contributed by atoms with Crippen LogP contribution in [0.4, 0.5) is 0 Å². The lowest BCUT2D eigenvalue weighted by Crippen LogP contribution is -2.53. The molecule has 160 valence electrons. The molecule has 2 saturated heterocycles. The number of nitrogens with zero attached hydrogens (tertiary/aromatic N) is 4. The molecule has 2 aliphatic heterocycles. The number of carbonyl (C=O) groups is 1. The SMILES string of the molecule is O=C(NCc1ccccc1)c1cn(C2CCC23CCN(C2CCOCC2)CC3)nn1. The maximum Gasteiger partial charge on any atom is 0.273 e. The summed E-state index contributed by atoms with van der Waals surface area (Å²) in [6.07, 6.45) is 8.99. The van der Waals surface area contributed by atoms with E-state index in [0.717, 1.165) is 25.2 Å². The summed E-state index contributed by atoms with van der Waals surface area (Å²) in [6, 6.07) is 11.0. The number of rotatable bonds is 5. The minimum Gasteiger partial charge on any atom is -0.381 e. The molecule has 3 fully saturated rings. The van der Waals surface area contributed by atoms with Crippen molar-refractivity contribution in [3.05, 3.63) is 47.8 Å². The molecule has 1 atom stereocenters. The lowest BCUT2D eigenvalue weighted by Gasteiger charge is -2.54. The summed E-state index contributed by atoms with van der Waals surface area (Å²) < 4.78 is 7.49. The van der Waals surface area contributed by atoms with Crippen LogP contribution in [0, 0.1) is 5.41 Å². The molecule has 7 nitrogen and oxygen atoms in total. The molecule has 7 heteroatoms. The number of hydrogen-bond donors (Lipinski definition) is 1. The van der Waals surface area contributed by atoms with Crippen molar-refractivity contribution in [2.45, 2.75) is 57.2 Å². The van der Waals surface area contributed by atoms with Crippen LogP contribution in [0.15, 0.2) is 36.5 Å². The molecule has 0 radical (unpaired) electrons. The van der Waals surface area contributed by atoms with Crippen molar-refractivity contribution in [1.29, 1.82) is 0 Å². The Morgan fingerprint density at radius 1 is 1.10 bits per heavy atom. The number of amides is 1. The third-order valence-corrected chi connectivity index (χ3v) is 7.48. The molecule has 1 aliphatic carbocycles. The van der Waals surface area contributed by atoms with Crippen LogP contribution < -0.4 is 5.32 Å². The average molecular weight is 410 g/mol. The molecule has 2 aromatic rings. The monoisotopic (exact) mass is 409 g/mol. The van der Waals surface area contributed by atoms with Crippen LogP contribution in [0.25, 0.3) is 0 Å². The van der Waals surface area contributed by atoms with Gasteiger partial charge in [-0.1, -0.05) is 35.5 Å². The van der Waals surface area contributed by atoms with Crippen molar-refractivity contribution in [2.24, 2.45) is 5.41 Å². The quantitative estimate of drug-likeness (QED) is 0.822. The second-order valence-corrected chi connectivity index (χ2v) is 9.05. The molecule has 1 N–H and O–H groups in total. The van der Waals surface area contributed by atoms with E-state index in [0.29, 0.717) is 29.7 Å². The lowest BCUT2D eigenvalue weighted by molar-refractivity contribution is -0.0547. The topological polar surface area (TPSA) is 72.3 Å². The molecular formula is C23H31N5O2. The van der Waals surface area contributed by atoms with Gasteiger partial charge in [-0.15, -0.1) is 5.10 Å². The maximum absolute atomic E-state index is 12.5. The summed E-state index contributed by atoms with van der Waals surface area (Å²) in [7, 11) is 0. The first-order valence-corrected chi connectivity index (χ1v) is 11.3. The summed E-state index contributed by atoms with van der Waals surface area (Å²) in [5.74, 6) is -0.159. The standard InChI is InChI=1S/C23H31N5O2/c29-22(24-16-18-4-2-1-3-5-18)20-17-28(26-25-20)21-6-9-23(21)10-12-27(13-11-23)19-7-14-30-15-8-19/h1-5,17,19,21H,6-16H2,(H,24,29). The molecule has 1 aromatic carbocycles. The summed E-state index contributed by atoms with van der Waals surface area (Å²) >= 11 is 0. The molecule has 30 heavy (non-hydrogen) atoms. The fraction of sp³-hybridized carbons (Fsp3) is 0.609. The molecule has 3 heterocycles. The van der Waals surface area contributed by atoms with Gasteiger partial charge in [0.15, 0.2) is 5.69 Å². The van der Waals surface area contributed by atoms with Crippen LogP contribution >= 0.6 is 0 Å². The number of hydrogen-bond acceptors (Lipinski definition) is 5. The Hall–Kier alpha value is -2.25. The van der Waals surface area contributed by atoms with Gasteiger partial charge in [-0.3, -0.25) is 4.79 Å². The van der Waals surface area contributed by atoms with Crippen LogP contribution in [-0.4, -0.2) is 58.1 Å². The molecular weight excluding hydrogens is 378 g/mol. The zero-order valence-electron chi connectivity index (χ0n) is 17.5. The number of aromatic nitrogens is 3. The molecule has 3 aliphatic rings. The number of piperidine rings is 1. The van der Waals surface area contributed by atoms with Gasteiger partial charge in [0.25, 0.3) is 5.91 Å².